The van der Waals surface area contributed by atoms with Gasteiger partial charge in [0.2, 0.25) is 0 Å². The summed E-state index contributed by atoms with van der Waals surface area (Å²) in [4.78, 5) is 2.22. The van der Waals surface area contributed by atoms with E-state index in [4.69, 9.17) is 0 Å². The van der Waals surface area contributed by atoms with E-state index in [0.717, 1.165) is 36.2 Å². The Morgan fingerprint density at radius 2 is 2.00 bits per heavy atom. The van der Waals surface area contributed by atoms with Gasteiger partial charge in [-0.2, -0.15) is 5.10 Å². The van der Waals surface area contributed by atoms with Gasteiger partial charge in [0.25, 0.3) is 6.43 Å². The third kappa shape index (κ3) is 2.60. The standard InChI is InChI=1S/C17H21F2N3/c1-11(2)22-6-4-5-12-7-14(13-9-20-21(3)10-13)15(17(18)19)8-16(12)22/h7-11,17H,4-6H2,1-3H3. The summed E-state index contributed by atoms with van der Waals surface area (Å²) in [6.07, 6.45) is 2.95. The number of aromatic nitrogens is 2. The maximum absolute atomic E-state index is 13.6. The highest BCUT2D eigenvalue weighted by Gasteiger charge is 2.24. The number of rotatable bonds is 3. The van der Waals surface area contributed by atoms with Gasteiger partial charge in [-0.05, 0) is 49.9 Å². The zero-order chi connectivity index (χ0) is 15.9. The molecular weight excluding hydrogens is 284 g/mol. The molecule has 0 radical (unpaired) electrons. The van der Waals surface area contributed by atoms with Gasteiger partial charge in [0, 0.05) is 42.6 Å². The lowest BCUT2D eigenvalue weighted by Gasteiger charge is -2.35. The van der Waals surface area contributed by atoms with E-state index in [9.17, 15) is 8.78 Å². The van der Waals surface area contributed by atoms with Gasteiger partial charge in [0.1, 0.15) is 0 Å². The average Bonchev–Trinajstić information content (AvgIpc) is 2.91. The molecule has 0 unspecified atom stereocenters. The first-order valence-corrected chi connectivity index (χ1v) is 7.68. The fraction of sp³-hybridized carbons (Fsp3) is 0.471. The van der Waals surface area contributed by atoms with Crippen molar-refractivity contribution in [1.29, 1.82) is 0 Å². The molecule has 1 aromatic carbocycles. The number of hydrogen-bond acceptors (Lipinski definition) is 2. The number of aryl methyl sites for hydroxylation is 2. The van der Waals surface area contributed by atoms with Gasteiger partial charge in [-0.1, -0.05) is 0 Å². The van der Waals surface area contributed by atoms with Crippen molar-refractivity contribution < 1.29 is 8.78 Å². The van der Waals surface area contributed by atoms with Gasteiger partial charge in [-0.3, -0.25) is 4.68 Å². The molecular formula is C17H21F2N3. The van der Waals surface area contributed by atoms with E-state index in [1.165, 1.54) is 0 Å². The third-order valence-corrected chi connectivity index (χ3v) is 4.28. The predicted octanol–water partition coefficient (Wildman–Crippen LogP) is 4.19. The fourth-order valence-electron chi connectivity index (χ4n) is 3.20. The Labute approximate surface area is 129 Å². The number of hydrogen-bond donors (Lipinski definition) is 0. The largest absolute Gasteiger partial charge is 0.369 e. The van der Waals surface area contributed by atoms with Crippen LogP contribution < -0.4 is 4.90 Å². The van der Waals surface area contributed by atoms with Gasteiger partial charge in [0.05, 0.1) is 6.20 Å². The van der Waals surface area contributed by atoms with Crippen molar-refractivity contribution in [3.05, 3.63) is 35.7 Å². The van der Waals surface area contributed by atoms with Crippen molar-refractivity contribution in [2.75, 3.05) is 11.4 Å². The number of benzene rings is 1. The second-order valence-electron chi connectivity index (χ2n) is 6.16. The van der Waals surface area contributed by atoms with Crippen molar-refractivity contribution in [3.63, 3.8) is 0 Å². The SMILES string of the molecule is CC(C)N1CCCc2cc(-c3cnn(C)c3)c(C(F)F)cc21. The lowest BCUT2D eigenvalue weighted by molar-refractivity contribution is 0.152. The van der Waals surface area contributed by atoms with Crippen LogP contribution in [-0.4, -0.2) is 22.4 Å². The van der Waals surface area contributed by atoms with E-state index >= 15 is 0 Å². The summed E-state index contributed by atoms with van der Waals surface area (Å²) in [5.74, 6) is 0. The van der Waals surface area contributed by atoms with Crippen LogP contribution in [-0.2, 0) is 13.5 Å². The Bertz CT molecular complexity index is 677. The smallest absolute Gasteiger partial charge is 0.264 e. The van der Waals surface area contributed by atoms with Gasteiger partial charge < -0.3 is 4.90 Å². The van der Waals surface area contributed by atoms with Crippen LogP contribution in [0, 0.1) is 0 Å². The van der Waals surface area contributed by atoms with Crippen molar-refractivity contribution in [1.82, 2.24) is 9.78 Å². The minimum absolute atomic E-state index is 0.0966. The molecule has 0 saturated carbocycles. The first-order chi connectivity index (χ1) is 10.5. The summed E-state index contributed by atoms with van der Waals surface area (Å²) in [7, 11) is 1.80. The number of alkyl halides is 2. The molecule has 5 heteroatoms. The summed E-state index contributed by atoms with van der Waals surface area (Å²) >= 11 is 0. The maximum atomic E-state index is 13.6. The van der Waals surface area contributed by atoms with Crippen molar-refractivity contribution in [2.24, 2.45) is 7.05 Å². The Kier molecular flexibility index (Phi) is 3.89. The van der Waals surface area contributed by atoms with E-state index < -0.39 is 6.43 Å². The number of halogens is 2. The summed E-state index contributed by atoms with van der Waals surface area (Å²) in [6.45, 7) is 5.14. The molecule has 1 aliphatic rings. The molecule has 22 heavy (non-hydrogen) atoms. The van der Waals surface area contributed by atoms with Gasteiger partial charge >= 0.3 is 0 Å². The third-order valence-electron chi connectivity index (χ3n) is 4.28. The van der Waals surface area contributed by atoms with Crippen molar-refractivity contribution >= 4 is 5.69 Å². The molecule has 0 bridgehead atoms. The molecule has 0 N–H and O–H groups in total. The summed E-state index contributed by atoms with van der Waals surface area (Å²) in [6, 6.07) is 3.93. The van der Waals surface area contributed by atoms with Crippen LogP contribution in [0.5, 0.6) is 0 Å². The molecule has 3 rings (SSSR count). The molecule has 2 aromatic rings. The van der Waals surface area contributed by atoms with E-state index in [-0.39, 0.29) is 5.56 Å². The molecule has 2 heterocycles. The zero-order valence-electron chi connectivity index (χ0n) is 13.2. The monoisotopic (exact) mass is 305 g/mol. The summed E-state index contributed by atoms with van der Waals surface area (Å²) in [5, 5.41) is 4.11. The average molecular weight is 305 g/mol. The van der Waals surface area contributed by atoms with Crippen LogP contribution >= 0.6 is 0 Å². The van der Waals surface area contributed by atoms with E-state index in [0.29, 0.717) is 11.6 Å². The molecule has 0 fully saturated rings. The number of fused-ring (bicyclic) bond motifs is 1. The minimum Gasteiger partial charge on any atom is -0.369 e. The highest BCUT2D eigenvalue weighted by molar-refractivity contribution is 5.73. The first-order valence-electron chi connectivity index (χ1n) is 7.68. The molecule has 1 aliphatic heterocycles. The molecule has 1 aromatic heterocycles. The zero-order valence-corrected chi connectivity index (χ0v) is 13.2. The fourth-order valence-corrected chi connectivity index (χ4v) is 3.20. The van der Waals surface area contributed by atoms with Crippen LogP contribution in [0.15, 0.2) is 24.5 Å². The minimum atomic E-state index is -2.49. The normalized spacial score (nSPS) is 14.8. The van der Waals surface area contributed by atoms with Crippen LogP contribution in [0.25, 0.3) is 11.1 Å². The van der Waals surface area contributed by atoms with Gasteiger partial charge in [-0.25, -0.2) is 8.78 Å². The van der Waals surface area contributed by atoms with Gasteiger partial charge in [-0.15, -0.1) is 0 Å². The Hall–Kier alpha value is -1.91. The number of nitrogens with zero attached hydrogens (tertiary/aromatic N) is 3. The molecule has 0 saturated heterocycles. The Morgan fingerprint density at radius 3 is 2.59 bits per heavy atom. The van der Waals surface area contributed by atoms with Crippen LogP contribution in [0.2, 0.25) is 0 Å². The van der Waals surface area contributed by atoms with Crippen molar-refractivity contribution in [3.8, 4) is 11.1 Å². The van der Waals surface area contributed by atoms with Crippen LogP contribution in [0.1, 0.15) is 37.8 Å². The molecule has 0 amide bonds. The topological polar surface area (TPSA) is 21.1 Å². The van der Waals surface area contributed by atoms with Crippen molar-refractivity contribution in [2.45, 2.75) is 39.2 Å². The maximum Gasteiger partial charge on any atom is 0.264 e. The van der Waals surface area contributed by atoms with E-state index in [1.807, 2.05) is 6.07 Å². The second kappa shape index (κ2) is 5.71. The molecule has 0 aliphatic carbocycles. The lowest BCUT2D eigenvalue weighted by Crippen LogP contribution is -2.35. The predicted molar refractivity (Wildman–Crippen MR) is 84.4 cm³/mol. The van der Waals surface area contributed by atoms with Crippen LogP contribution in [0.4, 0.5) is 14.5 Å². The van der Waals surface area contributed by atoms with Gasteiger partial charge in [0.15, 0.2) is 0 Å². The molecule has 0 atom stereocenters. The van der Waals surface area contributed by atoms with Crippen LogP contribution in [0.3, 0.4) is 0 Å². The quantitative estimate of drug-likeness (QED) is 0.848. The molecule has 3 nitrogen and oxygen atoms in total. The highest BCUT2D eigenvalue weighted by atomic mass is 19.3. The highest BCUT2D eigenvalue weighted by Crippen LogP contribution is 2.39. The summed E-state index contributed by atoms with van der Waals surface area (Å²) in [5.41, 5.74) is 3.57. The second-order valence-corrected chi connectivity index (χ2v) is 6.16. The summed E-state index contributed by atoms with van der Waals surface area (Å²) < 4.78 is 28.8. The molecule has 118 valence electrons. The van der Waals surface area contributed by atoms with E-state index in [1.54, 1.807) is 30.2 Å². The Morgan fingerprint density at radius 1 is 1.23 bits per heavy atom. The molecule has 0 spiro atoms. The van der Waals surface area contributed by atoms with E-state index in [2.05, 4.69) is 23.8 Å². The first kappa shape index (κ1) is 15.0. The number of anilines is 1. The lowest BCUT2D eigenvalue weighted by atomic mass is 9.92. The Balaban J connectivity index is 2.16.